The fourth-order valence-electron chi connectivity index (χ4n) is 3.99. The van der Waals surface area contributed by atoms with Crippen molar-refractivity contribution in [1.82, 2.24) is 10.2 Å². The number of nitrogens with one attached hydrogen (secondary N) is 1. The first-order chi connectivity index (χ1) is 10.9. The van der Waals surface area contributed by atoms with Crippen LogP contribution in [0.15, 0.2) is 0 Å². The van der Waals surface area contributed by atoms with Crippen LogP contribution in [-0.2, 0) is 9.59 Å². The second-order valence-corrected chi connectivity index (χ2v) is 7.65. The Morgan fingerprint density at radius 1 is 1.26 bits per heavy atom. The van der Waals surface area contributed by atoms with E-state index < -0.39 is 0 Å². The molecule has 2 fully saturated rings. The zero-order valence-electron chi connectivity index (χ0n) is 14.8. The summed E-state index contributed by atoms with van der Waals surface area (Å²) in [7, 11) is 0. The molecule has 23 heavy (non-hydrogen) atoms. The molecule has 1 saturated heterocycles. The molecule has 2 rings (SSSR count). The minimum Gasteiger partial charge on any atom is -0.356 e. The van der Waals surface area contributed by atoms with Gasteiger partial charge in [-0.2, -0.15) is 0 Å². The van der Waals surface area contributed by atoms with Gasteiger partial charge in [-0.05, 0) is 44.9 Å². The van der Waals surface area contributed by atoms with Crippen molar-refractivity contribution in [2.75, 3.05) is 19.6 Å². The fraction of sp³-hybridized carbons (Fsp3) is 0.889. The van der Waals surface area contributed by atoms with Crippen molar-refractivity contribution < 1.29 is 9.59 Å². The molecule has 0 aromatic carbocycles. The van der Waals surface area contributed by atoms with Crippen LogP contribution in [0.3, 0.4) is 0 Å². The van der Waals surface area contributed by atoms with Crippen LogP contribution < -0.4 is 11.1 Å². The van der Waals surface area contributed by atoms with Crippen LogP contribution in [0.2, 0.25) is 0 Å². The van der Waals surface area contributed by atoms with Crippen molar-refractivity contribution in [3.63, 3.8) is 0 Å². The second-order valence-electron chi connectivity index (χ2n) is 7.65. The molecule has 0 aromatic heterocycles. The van der Waals surface area contributed by atoms with E-state index in [0.29, 0.717) is 18.9 Å². The Kier molecular flexibility index (Phi) is 6.45. The standard InChI is InChI=1S/C18H33N3O2/c1-3-7-16(22)20-12-14-8-6-11-21(13-14)17(23)15-9-4-5-10-18(15,2)19/h14-15H,3-13,19H2,1-2H3,(H,20,22). The lowest BCUT2D eigenvalue weighted by molar-refractivity contribution is -0.140. The molecular formula is C18H33N3O2. The highest BCUT2D eigenvalue weighted by atomic mass is 16.2. The Hall–Kier alpha value is -1.10. The minimum atomic E-state index is -0.363. The van der Waals surface area contributed by atoms with Crippen LogP contribution in [0.25, 0.3) is 0 Å². The molecule has 0 spiro atoms. The maximum absolute atomic E-state index is 12.9. The van der Waals surface area contributed by atoms with E-state index in [1.54, 1.807) is 0 Å². The number of nitrogens with two attached hydrogens (primary N) is 1. The van der Waals surface area contributed by atoms with E-state index in [-0.39, 0.29) is 23.3 Å². The first-order valence-corrected chi connectivity index (χ1v) is 9.28. The van der Waals surface area contributed by atoms with Crippen LogP contribution in [0.4, 0.5) is 0 Å². The van der Waals surface area contributed by atoms with Crippen LogP contribution >= 0.6 is 0 Å². The van der Waals surface area contributed by atoms with Gasteiger partial charge in [0.15, 0.2) is 0 Å². The molecule has 1 heterocycles. The summed E-state index contributed by atoms with van der Waals surface area (Å²) in [6.45, 7) is 6.32. The van der Waals surface area contributed by atoms with E-state index in [1.165, 1.54) is 0 Å². The van der Waals surface area contributed by atoms with Crippen molar-refractivity contribution >= 4 is 11.8 Å². The molecule has 3 unspecified atom stereocenters. The Morgan fingerprint density at radius 3 is 2.74 bits per heavy atom. The van der Waals surface area contributed by atoms with E-state index >= 15 is 0 Å². The number of nitrogens with zero attached hydrogens (tertiary/aromatic N) is 1. The molecule has 3 atom stereocenters. The Labute approximate surface area is 140 Å². The molecule has 3 N–H and O–H groups in total. The average Bonchev–Trinajstić information content (AvgIpc) is 2.52. The number of hydrogen-bond donors (Lipinski definition) is 2. The second kappa shape index (κ2) is 8.13. The van der Waals surface area contributed by atoms with Gasteiger partial charge in [0, 0.05) is 31.6 Å². The van der Waals surface area contributed by atoms with E-state index in [2.05, 4.69) is 5.32 Å². The van der Waals surface area contributed by atoms with Crippen molar-refractivity contribution in [2.45, 2.75) is 70.8 Å². The van der Waals surface area contributed by atoms with Crippen molar-refractivity contribution in [3.8, 4) is 0 Å². The van der Waals surface area contributed by atoms with Gasteiger partial charge in [0.2, 0.25) is 11.8 Å². The summed E-state index contributed by atoms with van der Waals surface area (Å²) in [5.41, 5.74) is 6.03. The number of piperidine rings is 1. The molecule has 2 aliphatic rings. The summed E-state index contributed by atoms with van der Waals surface area (Å²) in [6, 6.07) is 0. The molecule has 132 valence electrons. The molecule has 1 aliphatic carbocycles. The number of carbonyl (C=O) groups excluding carboxylic acids is 2. The molecular weight excluding hydrogens is 290 g/mol. The third-order valence-corrected chi connectivity index (χ3v) is 5.45. The molecule has 0 aromatic rings. The largest absolute Gasteiger partial charge is 0.356 e. The molecule has 0 radical (unpaired) electrons. The number of carbonyl (C=O) groups is 2. The Morgan fingerprint density at radius 2 is 2.04 bits per heavy atom. The normalized spacial score (nSPS) is 31.7. The minimum absolute atomic E-state index is 0.0373. The molecule has 1 aliphatic heterocycles. The van der Waals surface area contributed by atoms with Crippen molar-refractivity contribution in [3.05, 3.63) is 0 Å². The molecule has 5 nitrogen and oxygen atoms in total. The first-order valence-electron chi connectivity index (χ1n) is 9.28. The van der Waals surface area contributed by atoms with Crippen molar-refractivity contribution in [1.29, 1.82) is 0 Å². The predicted octanol–water partition coefficient (Wildman–Crippen LogP) is 2.05. The average molecular weight is 323 g/mol. The van der Waals surface area contributed by atoms with Gasteiger partial charge in [-0.3, -0.25) is 9.59 Å². The van der Waals surface area contributed by atoms with E-state index in [9.17, 15) is 9.59 Å². The topological polar surface area (TPSA) is 75.4 Å². The first kappa shape index (κ1) is 18.2. The number of likely N-dealkylation sites (tertiary alicyclic amines) is 1. The monoisotopic (exact) mass is 323 g/mol. The zero-order valence-corrected chi connectivity index (χ0v) is 14.8. The lowest BCUT2D eigenvalue weighted by Gasteiger charge is -2.42. The number of rotatable bonds is 5. The fourth-order valence-corrected chi connectivity index (χ4v) is 3.99. The van der Waals surface area contributed by atoms with Crippen LogP contribution in [0.1, 0.15) is 65.2 Å². The third-order valence-electron chi connectivity index (χ3n) is 5.45. The Balaban J connectivity index is 1.87. The highest BCUT2D eigenvalue weighted by Crippen LogP contribution is 2.33. The van der Waals surface area contributed by atoms with Crippen molar-refractivity contribution in [2.24, 2.45) is 17.6 Å². The highest BCUT2D eigenvalue weighted by Gasteiger charge is 2.40. The van der Waals surface area contributed by atoms with Gasteiger partial charge < -0.3 is 16.0 Å². The van der Waals surface area contributed by atoms with Crippen LogP contribution in [0, 0.1) is 11.8 Å². The van der Waals surface area contributed by atoms with Gasteiger partial charge in [-0.25, -0.2) is 0 Å². The molecule has 2 amide bonds. The lowest BCUT2D eigenvalue weighted by atomic mass is 9.73. The van der Waals surface area contributed by atoms with Gasteiger partial charge in [0.05, 0.1) is 5.92 Å². The highest BCUT2D eigenvalue weighted by molar-refractivity contribution is 5.80. The summed E-state index contributed by atoms with van der Waals surface area (Å²) < 4.78 is 0. The summed E-state index contributed by atoms with van der Waals surface area (Å²) in [5, 5.41) is 3.01. The van der Waals surface area contributed by atoms with E-state index in [1.807, 2.05) is 18.7 Å². The van der Waals surface area contributed by atoms with Gasteiger partial charge in [0.1, 0.15) is 0 Å². The van der Waals surface area contributed by atoms with Gasteiger partial charge in [-0.15, -0.1) is 0 Å². The van der Waals surface area contributed by atoms with Gasteiger partial charge in [-0.1, -0.05) is 19.8 Å². The molecule has 1 saturated carbocycles. The molecule has 5 heteroatoms. The summed E-state index contributed by atoms with van der Waals surface area (Å²) in [4.78, 5) is 26.5. The van der Waals surface area contributed by atoms with E-state index in [4.69, 9.17) is 5.73 Å². The number of hydrogen-bond acceptors (Lipinski definition) is 3. The quantitative estimate of drug-likeness (QED) is 0.813. The molecule has 0 bridgehead atoms. The Bertz CT molecular complexity index is 422. The maximum atomic E-state index is 12.9. The summed E-state index contributed by atoms with van der Waals surface area (Å²) >= 11 is 0. The van der Waals surface area contributed by atoms with Gasteiger partial charge in [0.25, 0.3) is 0 Å². The zero-order chi connectivity index (χ0) is 16.9. The maximum Gasteiger partial charge on any atom is 0.227 e. The number of amides is 2. The van der Waals surface area contributed by atoms with E-state index in [0.717, 1.165) is 58.0 Å². The smallest absolute Gasteiger partial charge is 0.227 e. The summed E-state index contributed by atoms with van der Waals surface area (Å²) in [6.07, 6.45) is 7.65. The predicted molar refractivity (Wildman–Crippen MR) is 91.8 cm³/mol. The van der Waals surface area contributed by atoms with Crippen LogP contribution in [-0.4, -0.2) is 41.9 Å². The third kappa shape index (κ3) is 4.93. The van der Waals surface area contributed by atoms with Crippen LogP contribution in [0.5, 0.6) is 0 Å². The SMILES string of the molecule is CCCC(=O)NCC1CCCN(C(=O)C2CCCCC2(C)N)C1. The summed E-state index contributed by atoms with van der Waals surface area (Å²) in [5.74, 6) is 0.697. The lowest BCUT2D eigenvalue weighted by Crippen LogP contribution is -2.55. The van der Waals surface area contributed by atoms with Gasteiger partial charge >= 0.3 is 0 Å².